The number of allylic oxidation sites excluding steroid dienone is 3. The molecule has 2 aliphatic rings. The van der Waals surface area contributed by atoms with Crippen molar-refractivity contribution in [3.63, 3.8) is 0 Å². The van der Waals surface area contributed by atoms with Crippen LogP contribution >= 0.6 is 11.6 Å². The van der Waals surface area contributed by atoms with Gasteiger partial charge in [0.2, 0.25) is 5.88 Å². The molecule has 140 valence electrons. The standard InChI is InChI=1S/C22H17ClN2O3/c23-14-7-9-15(10-8-14)27-16-4-1-3-13(11-16)20-17(12-24)22(25)28-19-6-2-5-18(26)21(19)20/h1,3-4,7-11,20H,2,5-6,25H2/t20-/m1/s1. The molecule has 0 saturated carbocycles. The summed E-state index contributed by atoms with van der Waals surface area (Å²) >= 11 is 5.91. The van der Waals surface area contributed by atoms with Crippen molar-refractivity contribution in [2.75, 3.05) is 0 Å². The van der Waals surface area contributed by atoms with Crippen LogP contribution < -0.4 is 10.5 Å². The van der Waals surface area contributed by atoms with Crippen molar-refractivity contribution in [1.29, 1.82) is 5.26 Å². The number of ketones is 1. The Balaban J connectivity index is 1.74. The molecule has 0 spiro atoms. The smallest absolute Gasteiger partial charge is 0.205 e. The number of halogens is 1. The Morgan fingerprint density at radius 1 is 1.14 bits per heavy atom. The predicted molar refractivity (Wildman–Crippen MR) is 105 cm³/mol. The molecule has 0 saturated heterocycles. The number of nitrogens with two attached hydrogens (primary N) is 1. The average Bonchev–Trinajstić information content (AvgIpc) is 2.69. The molecule has 1 heterocycles. The van der Waals surface area contributed by atoms with E-state index in [1.54, 1.807) is 24.3 Å². The minimum Gasteiger partial charge on any atom is -0.457 e. The number of benzene rings is 2. The van der Waals surface area contributed by atoms with Gasteiger partial charge in [-0.3, -0.25) is 4.79 Å². The van der Waals surface area contributed by atoms with Crippen molar-refractivity contribution in [2.45, 2.75) is 25.2 Å². The van der Waals surface area contributed by atoms with Gasteiger partial charge >= 0.3 is 0 Å². The number of rotatable bonds is 3. The SMILES string of the molecule is N#CC1=C(N)OC2=C(C(=O)CCC2)[C@@H]1c1cccc(Oc2ccc(Cl)cc2)c1. The van der Waals surface area contributed by atoms with E-state index in [1.165, 1.54) is 0 Å². The van der Waals surface area contributed by atoms with E-state index in [9.17, 15) is 10.1 Å². The summed E-state index contributed by atoms with van der Waals surface area (Å²) in [6.45, 7) is 0. The van der Waals surface area contributed by atoms with Crippen molar-refractivity contribution in [2.24, 2.45) is 5.73 Å². The van der Waals surface area contributed by atoms with Crippen molar-refractivity contribution < 1.29 is 14.3 Å². The first-order chi connectivity index (χ1) is 13.6. The highest BCUT2D eigenvalue weighted by atomic mass is 35.5. The van der Waals surface area contributed by atoms with E-state index in [1.807, 2.05) is 24.3 Å². The second-order valence-corrected chi connectivity index (χ2v) is 7.10. The van der Waals surface area contributed by atoms with Gasteiger partial charge in [-0.1, -0.05) is 23.7 Å². The largest absolute Gasteiger partial charge is 0.457 e. The van der Waals surface area contributed by atoms with Gasteiger partial charge in [-0.05, 0) is 48.4 Å². The predicted octanol–water partition coefficient (Wildman–Crippen LogP) is 4.95. The maximum absolute atomic E-state index is 12.6. The fraction of sp³-hybridized carbons (Fsp3) is 0.182. The lowest BCUT2D eigenvalue weighted by molar-refractivity contribution is -0.116. The van der Waals surface area contributed by atoms with Gasteiger partial charge in [0.05, 0.1) is 5.92 Å². The normalized spacial score (nSPS) is 19.0. The van der Waals surface area contributed by atoms with Crippen LogP contribution in [0.15, 0.2) is 71.3 Å². The number of nitriles is 1. The Hall–Kier alpha value is -3.23. The third kappa shape index (κ3) is 3.35. The molecular formula is C22H17ClN2O3. The lowest BCUT2D eigenvalue weighted by atomic mass is 9.77. The highest BCUT2D eigenvalue weighted by molar-refractivity contribution is 6.30. The monoisotopic (exact) mass is 392 g/mol. The molecular weight excluding hydrogens is 376 g/mol. The van der Waals surface area contributed by atoms with Gasteiger partial charge < -0.3 is 15.2 Å². The van der Waals surface area contributed by atoms with Crippen molar-refractivity contribution in [1.82, 2.24) is 0 Å². The fourth-order valence-electron chi connectivity index (χ4n) is 3.59. The second-order valence-electron chi connectivity index (χ2n) is 6.67. The van der Waals surface area contributed by atoms with Crippen LogP contribution in [0.5, 0.6) is 11.5 Å². The van der Waals surface area contributed by atoms with E-state index in [4.69, 9.17) is 26.8 Å². The molecule has 1 aliphatic heterocycles. The summed E-state index contributed by atoms with van der Waals surface area (Å²) in [5, 5.41) is 10.3. The molecule has 6 heteroatoms. The number of hydrogen-bond acceptors (Lipinski definition) is 5. The zero-order chi connectivity index (χ0) is 19.7. The minimum absolute atomic E-state index is 0.00415. The van der Waals surface area contributed by atoms with Crippen molar-refractivity contribution in [3.8, 4) is 17.6 Å². The van der Waals surface area contributed by atoms with Gasteiger partial charge in [-0.2, -0.15) is 5.26 Å². The molecule has 0 radical (unpaired) electrons. The van der Waals surface area contributed by atoms with E-state index in [2.05, 4.69) is 6.07 Å². The average molecular weight is 393 g/mol. The van der Waals surface area contributed by atoms with Gasteiger partial charge in [-0.15, -0.1) is 0 Å². The van der Waals surface area contributed by atoms with Crippen molar-refractivity contribution in [3.05, 3.63) is 81.9 Å². The molecule has 4 rings (SSSR count). The molecule has 2 aromatic rings. The molecule has 0 aromatic heterocycles. The van der Waals surface area contributed by atoms with Crippen LogP contribution in [-0.2, 0) is 9.53 Å². The summed E-state index contributed by atoms with van der Waals surface area (Å²) in [6, 6.07) is 16.5. The molecule has 5 nitrogen and oxygen atoms in total. The fourth-order valence-corrected chi connectivity index (χ4v) is 3.71. The number of carbonyl (C=O) groups is 1. The van der Waals surface area contributed by atoms with E-state index in [-0.39, 0.29) is 17.2 Å². The Morgan fingerprint density at radius 2 is 1.93 bits per heavy atom. The maximum Gasteiger partial charge on any atom is 0.205 e. The van der Waals surface area contributed by atoms with Crippen LogP contribution in [0.4, 0.5) is 0 Å². The Kier molecular flexibility index (Phi) is 4.81. The summed E-state index contributed by atoms with van der Waals surface area (Å²) < 4.78 is 11.5. The summed E-state index contributed by atoms with van der Waals surface area (Å²) in [4.78, 5) is 12.6. The lowest BCUT2D eigenvalue weighted by Gasteiger charge is -2.31. The van der Waals surface area contributed by atoms with Crippen LogP contribution in [0.25, 0.3) is 0 Å². The molecule has 2 aromatic carbocycles. The number of ether oxygens (including phenoxy) is 2. The van der Waals surface area contributed by atoms with Crippen LogP contribution in [0.1, 0.15) is 30.7 Å². The second kappa shape index (κ2) is 7.41. The summed E-state index contributed by atoms with van der Waals surface area (Å²) in [5.74, 6) is 1.31. The molecule has 28 heavy (non-hydrogen) atoms. The molecule has 2 N–H and O–H groups in total. The highest BCUT2D eigenvalue weighted by Gasteiger charge is 2.38. The lowest BCUT2D eigenvalue weighted by Crippen LogP contribution is -2.27. The van der Waals surface area contributed by atoms with Gasteiger partial charge in [0.15, 0.2) is 5.78 Å². The topological polar surface area (TPSA) is 85.3 Å². The van der Waals surface area contributed by atoms with Crippen LogP contribution in [-0.4, -0.2) is 5.78 Å². The zero-order valence-electron chi connectivity index (χ0n) is 14.9. The van der Waals surface area contributed by atoms with E-state index >= 15 is 0 Å². The number of hydrogen-bond donors (Lipinski definition) is 1. The first-order valence-corrected chi connectivity index (χ1v) is 9.32. The molecule has 1 aliphatic carbocycles. The summed E-state index contributed by atoms with van der Waals surface area (Å²) in [7, 11) is 0. The number of carbonyl (C=O) groups excluding carboxylic acids is 1. The van der Waals surface area contributed by atoms with Crippen LogP contribution in [0.3, 0.4) is 0 Å². The first kappa shape index (κ1) is 18.1. The number of Topliss-reactive ketones (excluding diaryl/α,β-unsaturated/α-hetero) is 1. The van der Waals surface area contributed by atoms with E-state index < -0.39 is 5.92 Å². The van der Waals surface area contributed by atoms with Crippen molar-refractivity contribution >= 4 is 17.4 Å². The van der Waals surface area contributed by atoms with Gasteiger partial charge in [0.1, 0.15) is 28.9 Å². The van der Waals surface area contributed by atoms with Gasteiger partial charge in [-0.25, -0.2) is 0 Å². The Morgan fingerprint density at radius 3 is 2.68 bits per heavy atom. The Bertz CT molecular complexity index is 1050. The minimum atomic E-state index is -0.546. The highest BCUT2D eigenvalue weighted by Crippen LogP contribution is 2.44. The maximum atomic E-state index is 12.6. The van der Waals surface area contributed by atoms with E-state index in [0.29, 0.717) is 40.7 Å². The van der Waals surface area contributed by atoms with Crippen LogP contribution in [0, 0.1) is 11.3 Å². The molecule has 0 unspecified atom stereocenters. The zero-order valence-corrected chi connectivity index (χ0v) is 15.7. The first-order valence-electron chi connectivity index (χ1n) is 8.94. The van der Waals surface area contributed by atoms with E-state index in [0.717, 1.165) is 12.0 Å². The Labute approximate surface area is 167 Å². The third-order valence-electron chi connectivity index (χ3n) is 4.85. The van der Waals surface area contributed by atoms with Gasteiger partial charge in [0, 0.05) is 23.4 Å². The quantitative estimate of drug-likeness (QED) is 0.798. The molecule has 0 bridgehead atoms. The molecule has 0 fully saturated rings. The summed E-state index contributed by atoms with van der Waals surface area (Å²) in [5.41, 5.74) is 7.53. The van der Waals surface area contributed by atoms with Gasteiger partial charge in [0.25, 0.3) is 0 Å². The van der Waals surface area contributed by atoms with Crippen LogP contribution in [0.2, 0.25) is 5.02 Å². The molecule has 1 atom stereocenters. The number of nitrogens with zero attached hydrogens (tertiary/aromatic N) is 1. The summed E-state index contributed by atoms with van der Waals surface area (Å²) in [6.07, 6.45) is 1.80. The third-order valence-corrected chi connectivity index (χ3v) is 5.10. The molecule has 0 amide bonds.